The van der Waals surface area contributed by atoms with Gasteiger partial charge in [0.2, 0.25) is 5.75 Å². The lowest BCUT2D eigenvalue weighted by Crippen LogP contribution is -2.00. The first-order chi connectivity index (χ1) is 9.02. The zero-order chi connectivity index (χ0) is 14.0. The first kappa shape index (κ1) is 13.6. The van der Waals surface area contributed by atoms with Crippen molar-refractivity contribution in [3.8, 4) is 17.4 Å². The summed E-state index contributed by atoms with van der Waals surface area (Å²) in [5.41, 5.74) is 7.87. The number of anilines is 1. The second kappa shape index (κ2) is 5.44. The first-order valence-electron chi connectivity index (χ1n) is 5.62. The van der Waals surface area contributed by atoms with Crippen LogP contribution in [0.25, 0.3) is 0 Å². The van der Waals surface area contributed by atoms with E-state index in [0.717, 1.165) is 15.6 Å². The van der Waals surface area contributed by atoms with Gasteiger partial charge in [0.15, 0.2) is 5.82 Å². The molecule has 6 heteroatoms. The highest BCUT2D eigenvalue weighted by Crippen LogP contribution is 2.34. The largest absolute Gasteiger partial charge is 0.489 e. The number of nitrogens with two attached hydrogens (primary N) is 1. The van der Waals surface area contributed by atoms with E-state index in [1.165, 1.54) is 13.4 Å². The first-order valence-corrected chi connectivity index (χ1v) is 6.41. The molecule has 0 saturated carbocycles. The molecule has 0 aliphatic rings. The normalized spacial score (nSPS) is 10.3. The van der Waals surface area contributed by atoms with Gasteiger partial charge in [-0.05, 0) is 37.1 Å². The number of halogens is 1. The molecule has 19 heavy (non-hydrogen) atoms. The summed E-state index contributed by atoms with van der Waals surface area (Å²) in [6, 6.07) is 3.82. The zero-order valence-corrected chi connectivity index (χ0v) is 12.5. The fourth-order valence-electron chi connectivity index (χ4n) is 1.71. The van der Waals surface area contributed by atoms with Gasteiger partial charge in [-0.3, -0.25) is 0 Å². The minimum atomic E-state index is 0.248. The maximum atomic E-state index is 5.72. The van der Waals surface area contributed by atoms with Crippen LogP contribution in [0.4, 0.5) is 5.82 Å². The molecule has 100 valence electrons. The van der Waals surface area contributed by atoms with E-state index < -0.39 is 0 Å². The molecule has 5 nitrogen and oxygen atoms in total. The van der Waals surface area contributed by atoms with Gasteiger partial charge in [-0.15, -0.1) is 0 Å². The molecule has 2 rings (SSSR count). The van der Waals surface area contributed by atoms with Gasteiger partial charge >= 0.3 is 0 Å². The Balaban J connectivity index is 2.39. The molecule has 0 saturated heterocycles. The molecule has 0 atom stereocenters. The van der Waals surface area contributed by atoms with Crippen molar-refractivity contribution in [2.45, 2.75) is 13.8 Å². The second-order valence-electron chi connectivity index (χ2n) is 4.07. The topological polar surface area (TPSA) is 70.3 Å². The van der Waals surface area contributed by atoms with Crippen molar-refractivity contribution >= 4 is 21.7 Å². The molecule has 1 heterocycles. The van der Waals surface area contributed by atoms with Gasteiger partial charge in [-0.2, -0.15) is 4.98 Å². The molecular formula is C13H14BrN3O2. The number of nitrogen functional groups attached to an aromatic ring is 1. The molecule has 0 aliphatic carbocycles. The van der Waals surface area contributed by atoms with E-state index in [-0.39, 0.29) is 5.82 Å². The number of nitrogens with zero attached hydrogens (tertiary/aromatic N) is 2. The summed E-state index contributed by atoms with van der Waals surface area (Å²) in [7, 11) is 1.50. The third-order valence-electron chi connectivity index (χ3n) is 2.63. The van der Waals surface area contributed by atoms with Crippen LogP contribution < -0.4 is 15.2 Å². The lowest BCUT2D eigenvalue weighted by atomic mass is 10.1. The van der Waals surface area contributed by atoms with Gasteiger partial charge in [0.05, 0.1) is 7.11 Å². The lowest BCUT2D eigenvalue weighted by molar-refractivity contribution is 0.369. The molecule has 0 radical (unpaired) electrons. The molecule has 2 N–H and O–H groups in total. The van der Waals surface area contributed by atoms with Crippen molar-refractivity contribution in [1.82, 2.24) is 9.97 Å². The molecule has 0 amide bonds. The third kappa shape index (κ3) is 2.78. The molecule has 0 aliphatic heterocycles. The van der Waals surface area contributed by atoms with Crippen LogP contribution in [0.15, 0.2) is 22.9 Å². The Morgan fingerprint density at radius 1 is 1.16 bits per heavy atom. The van der Waals surface area contributed by atoms with Gasteiger partial charge in [0, 0.05) is 4.47 Å². The number of methoxy groups -OCH3 is 1. The maximum absolute atomic E-state index is 5.72. The average Bonchev–Trinajstić information content (AvgIpc) is 2.36. The van der Waals surface area contributed by atoms with Gasteiger partial charge in [-0.25, -0.2) is 4.98 Å². The predicted octanol–water partition coefficient (Wildman–Crippen LogP) is 3.24. The number of ether oxygens (including phenoxy) is 2. The van der Waals surface area contributed by atoms with Crippen molar-refractivity contribution in [2.24, 2.45) is 0 Å². The Morgan fingerprint density at radius 3 is 2.37 bits per heavy atom. The van der Waals surface area contributed by atoms with Crippen LogP contribution in [0.1, 0.15) is 11.1 Å². The van der Waals surface area contributed by atoms with Crippen molar-refractivity contribution in [2.75, 3.05) is 12.8 Å². The molecule has 1 aromatic carbocycles. The number of hydrogen-bond donors (Lipinski definition) is 1. The molecule has 0 unspecified atom stereocenters. The highest BCUT2D eigenvalue weighted by molar-refractivity contribution is 9.10. The highest BCUT2D eigenvalue weighted by atomic mass is 79.9. The van der Waals surface area contributed by atoms with Gasteiger partial charge in [-0.1, -0.05) is 15.9 Å². The van der Waals surface area contributed by atoms with Gasteiger partial charge in [0.25, 0.3) is 5.88 Å². The number of aromatic nitrogens is 2. The minimum Gasteiger partial charge on any atom is -0.489 e. The van der Waals surface area contributed by atoms with Crippen LogP contribution >= 0.6 is 15.9 Å². The molecule has 1 aromatic heterocycles. The van der Waals surface area contributed by atoms with E-state index in [4.69, 9.17) is 15.2 Å². The molecule has 2 aromatic rings. The highest BCUT2D eigenvalue weighted by Gasteiger charge is 2.13. The summed E-state index contributed by atoms with van der Waals surface area (Å²) >= 11 is 3.51. The van der Waals surface area contributed by atoms with Gasteiger partial charge in [0.1, 0.15) is 12.1 Å². The zero-order valence-electron chi connectivity index (χ0n) is 10.9. The van der Waals surface area contributed by atoms with Crippen LogP contribution in [0.3, 0.4) is 0 Å². The molecule has 0 fully saturated rings. The molecule has 0 spiro atoms. The van der Waals surface area contributed by atoms with E-state index in [9.17, 15) is 0 Å². The molecule has 0 bridgehead atoms. The summed E-state index contributed by atoms with van der Waals surface area (Å²) in [5.74, 6) is 1.56. The van der Waals surface area contributed by atoms with E-state index in [1.54, 1.807) is 0 Å². The van der Waals surface area contributed by atoms with Crippen LogP contribution in [-0.2, 0) is 0 Å². The smallest absolute Gasteiger partial charge is 0.268 e. The van der Waals surface area contributed by atoms with Crippen LogP contribution in [0.2, 0.25) is 0 Å². The van der Waals surface area contributed by atoms with Crippen molar-refractivity contribution in [3.63, 3.8) is 0 Å². The van der Waals surface area contributed by atoms with E-state index in [0.29, 0.717) is 17.4 Å². The molecular weight excluding hydrogens is 310 g/mol. The summed E-state index contributed by atoms with van der Waals surface area (Å²) in [6.07, 6.45) is 1.34. The third-order valence-corrected chi connectivity index (χ3v) is 3.88. The predicted molar refractivity (Wildman–Crippen MR) is 76.7 cm³/mol. The second-order valence-corrected chi connectivity index (χ2v) is 4.86. The van der Waals surface area contributed by atoms with Crippen LogP contribution in [0, 0.1) is 13.8 Å². The lowest BCUT2D eigenvalue weighted by Gasteiger charge is -2.12. The standard InChI is InChI=1S/C13H14BrN3O2/c1-7-4-9(5-8(2)10(7)14)19-13-11(18-3)12(15)16-6-17-13/h4-6H,1-3H3,(H2,15,16,17). The Hall–Kier alpha value is -1.82. The van der Waals surface area contributed by atoms with Crippen LogP contribution in [0.5, 0.6) is 17.4 Å². The Morgan fingerprint density at radius 2 is 1.79 bits per heavy atom. The number of aryl methyl sites for hydroxylation is 2. The summed E-state index contributed by atoms with van der Waals surface area (Å²) in [6.45, 7) is 3.99. The SMILES string of the molecule is COc1c(N)ncnc1Oc1cc(C)c(Br)c(C)c1. The average molecular weight is 324 g/mol. The Bertz CT molecular complexity index is 594. The summed E-state index contributed by atoms with van der Waals surface area (Å²) in [4.78, 5) is 7.89. The number of hydrogen-bond acceptors (Lipinski definition) is 5. The number of rotatable bonds is 3. The van der Waals surface area contributed by atoms with Gasteiger partial charge < -0.3 is 15.2 Å². The quantitative estimate of drug-likeness (QED) is 0.938. The van der Waals surface area contributed by atoms with E-state index in [2.05, 4.69) is 25.9 Å². The Kier molecular flexibility index (Phi) is 3.90. The van der Waals surface area contributed by atoms with Crippen molar-refractivity contribution in [1.29, 1.82) is 0 Å². The van der Waals surface area contributed by atoms with Crippen molar-refractivity contribution < 1.29 is 9.47 Å². The monoisotopic (exact) mass is 323 g/mol. The number of benzene rings is 1. The Labute approximate surface area is 119 Å². The van der Waals surface area contributed by atoms with E-state index >= 15 is 0 Å². The van der Waals surface area contributed by atoms with Crippen LogP contribution in [-0.4, -0.2) is 17.1 Å². The van der Waals surface area contributed by atoms with Crippen molar-refractivity contribution in [3.05, 3.63) is 34.1 Å². The minimum absolute atomic E-state index is 0.248. The fraction of sp³-hybridized carbons (Fsp3) is 0.231. The maximum Gasteiger partial charge on any atom is 0.268 e. The summed E-state index contributed by atoms with van der Waals surface area (Å²) in [5, 5.41) is 0. The van der Waals surface area contributed by atoms with E-state index in [1.807, 2.05) is 26.0 Å². The summed E-state index contributed by atoms with van der Waals surface area (Å²) < 4.78 is 11.9. The fourth-order valence-corrected chi connectivity index (χ4v) is 1.94.